The van der Waals surface area contributed by atoms with Crippen molar-refractivity contribution in [1.29, 1.82) is 0 Å². The maximum atomic E-state index is 13.9. The number of amides is 2. The lowest BCUT2D eigenvalue weighted by Crippen LogP contribution is -2.32. The van der Waals surface area contributed by atoms with Crippen molar-refractivity contribution in [3.63, 3.8) is 0 Å². The van der Waals surface area contributed by atoms with Crippen LogP contribution in [0.25, 0.3) is 0 Å². The van der Waals surface area contributed by atoms with Gasteiger partial charge in [0, 0.05) is 20.3 Å². The lowest BCUT2D eigenvalue weighted by Gasteiger charge is -2.30. The number of aromatic amines is 1. The molecule has 198 valence electrons. The quantitative estimate of drug-likeness (QED) is 0.251. The number of hydrogen-bond acceptors (Lipinski definition) is 7. The van der Waals surface area contributed by atoms with Crippen molar-refractivity contribution in [3.8, 4) is 11.5 Å². The first-order valence-electron chi connectivity index (χ1n) is 11.9. The number of carbonyl (C=O) groups is 2. The van der Waals surface area contributed by atoms with E-state index in [4.69, 9.17) is 21.1 Å². The van der Waals surface area contributed by atoms with Gasteiger partial charge >= 0.3 is 4.87 Å². The summed E-state index contributed by atoms with van der Waals surface area (Å²) in [5, 5.41) is 0.571. The van der Waals surface area contributed by atoms with Crippen LogP contribution < -0.4 is 19.2 Å². The number of carbonyl (C=O) groups excluding carboxylic acids is 2. The molecule has 1 fully saturated rings. The van der Waals surface area contributed by atoms with Crippen molar-refractivity contribution in [2.24, 2.45) is 5.92 Å². The fourth-order valence-electron chi connectivity index (χ4n) is 5.01. The number of rotatable bonds is 6. The van der Waals surface area contributed by atoms with Crippen LogP contribution >= 0.6 is 50.6 Å². The van der Waals surface area contributed by atoms with E-state index in [0.29, 0.717) is 33.8 Å². The molecule has 0 bridgehead atoms. The van der Waals surface area contributed by atoms with Crippen molar-refractivity contribution in [1.82, 2.24) is 4.98 Å². The van der Waals surface area contributed by atoms with Crippen molar-refractivity contribution in [2.75, 3.05) is 12.0 Å². The van der Waals surface area contributed by atoms with Crippen LogP contribution in [0.5, 0.6) is 11.5 Å². The molecule has 3 aromatic carbocycles. The standard InChI is InChI=1S/C28H20BrClN2O5S2/c1-36-20-12-15(5-10-19(20)37-13-14-3-2-4-17(30)11-14)21-22-24(38-25-23(21)39-28(35)31-25)27(34)32(26(22)33)18-8-6-16(29)7-9-18/h2-12,21-22,24H,13H2,1H3,(H,31,35)/t21-,22?,24?/m1/s1. The summed E-state index contributed by atoms with van der Waals surface area (Å²) in [5.41, 5.74) is 2.18. The lowest BCUT2D eigenvalue weighted by molar-refractivity contribution is -0.122. The van der Waals surface area contributed by atoms with E-state index in [1.807, 2.05) is 30.3 Å². The second-order valence-corrected chi connectivity index (χ2v) is 12.6. The van der Waals surface area contributed by atoms with Gasteiger partial charge in [-0.3, -0.25) is 14.4 Å². The van der Waals surface area contributed by atoms with Crippen molar-refractivity contribution in [3.05, 3.63) is 102 Å². The molecule has 39 heavy (non-hydrogen) atoms. The molecular formula is C28H20BrClN2O5S2. The Labute approximate surface area is 245 Å². The Morgan fingerprint density at radius 3 is 2.54 bits per heavy atom. The predicted octanol–water partition coefficient (Wildman–Crippen LogP) is 6.24. The number of methoxy groups -OCH3 is 1. The fourth-order valence-corrected chi connectivity index (χ4v) is 8.00. The SMILES string of the molecule is COc1cc([C@H]2c3sc(=O)[nH]c3SC3C(=O)N(c4ccc(Br)cc4)C(=O)C32)ccc1OCc1cccc(Cl)c1. The van der Waals surface area contributed by atoms with Crippen molar-refractivity contribution >= 4 is 68.1 Å². The molecule has 2 aliphatic rings. The number of anilines is 1. The van der Waals surface area contributed by atoms with Gasteiger partial charge in [-0.15, -0.1) is 0 Å². The topological polar surface area (TPSA) is 88.7 Å². The molecule has 0 radical (unpaired) electrons. The number of H-pyrrole nitrogens is 1. The minimum atomic E-state index is -0.687. The average molecular weight is 644 g/mol. The summed E-state index contributed by atoms with van der Waals surface area (Å²) >= 11 is 11.8. The number of imide groups is 1. The van der Waals surface area contributed by atoms with E-state index in [-0.39, 0.29) is 16.7 Å². The maximum Gasteiger partial charge on any atom is 0.305 e. The number of nitrogens with zero attached hydrogens (tertiary/aromatic N) is 1. The molecular weight excluding hydrogens is 624 g/mol. The Hall–Kier alpha value is -3.05. The van der Waals surface area contributed by atoms with E-state index in [1.165, 1.54) is 16.7 Å². The molecule has 1 aromatic heterocycles. The van der Waals surface area contributed by atoms with Gasteiger partial charge in [-0.1, -0.05) is 68.8 Å². The van der Waals surface area contributed by atoms with E-state index >= 15 is 0 Å². The monoisotopic (exact) mass is 642 g/mol. The minimum absolute atomic E-state index is 0.226. The van der Waals surface area contributed by atoms with Gasteiger partial charge in [-0.25, -0.2) is 4.90 Å². The fraction of sp³-hybridized carbons (Fsp3) is 0.179. The van der Waals surface area contributed by atoms with Crippen molar-refractivity contribution in [2.45, 2.75) is 22.8 Å². The van der Waals surface area contributed by atoms with Gasteiger partial charge in [0.2, 0.25) is 11.8 Å². The Balaban J connectivity index is 1.37. The normalized spacial score (nSPS) is 20.1. The first kappa shape index (κ1) is 26.2. The van der Waals surface area contributed by atoms with Crippen LogP contribution in [0.4, 0.5) is 5.69 Å². The first-order chi connectivity index (χ1) is 18.8. The smallest absolute Gasteiger partial charge is 0.305 e. The van der Waals surface area contributed by atoms with E-state index in [0.717, 1.165) is 31.8 Å². The van der Waals surface area contributed by atoms with Crippen LogP contribution in [-0.4, -0.2) is 29.2 Å². The van der Waals surface area contributed by atoms with Gasteiger partial charge < -0.3 is 14.5 Å². The van der Waals surface area contributed by atoms with E-state index < -0.39 is 17.1 Å². The van der Waals surface area contributed by atoms with Crippen LogP contribution in [0.15, 0.2) is 81.0 Å². The van der Waals surface area contributed by atoms with Gasteiger partial charge in [0.05, 0.1) is 23.7 Å². The number of hydrogen-bond donors (Lipinski definition) is 1. The molecule has 0 saturated carbocycles. The third-order valence-corrected chi connectivity index (χ3v) is 9.90. The molecule has 2 aliphatic heterocycles. The van der Waals surface area contributed by atoms with E-state index in [1.54, 1.807) is 43.5 Å². The predicted molar refractivity (Wildman–Crippen MR) is 155 cm³/mol. The van der Waals surface area contributed by atoms with Crippen LogP contribution in [0.1, 0.15) is 21.9 Å². The second-order valence-electron chi connectivity index (χ2n) is 9.07. The number of thioether (sulfide) groups is 1. The highest BCUT2D eigenvalue weighted by molar-refractivity contribution is 9.10. The number of fused-ring (bicyclic) bond motifs is 2. The molecule has 11 heteroatoms. The zero-order valence-corrected chi connectivity index (χ0v) is 24.3. The molecule has 3 atom stereocenters. The minimum Gasteiger partial charge on any atom is -0.493 e. The van der Waals surface area contributed by atoms with Crippen LogP contribution in [0.3, 0.4) is 0 Å². The molecule has 0 spiro atoms. The summed E-state index contributed by atoms with van der Waals surface area (Å²) in [5.74, 6) is -0.785. The van der Waals surface area contributed by atoms with Crippen molar-refractivity contribution < 1.29 is 19.1 Å². The molecule has 1 saturated heterocycles. The third-order valence-electron chi connectivity index (χ3n) is 6.74. The van der Waals surface area contributed by atoms with Gasteiger partial charge in [0.25, 0.3) is 0 Å². The van der Waals surface area contributed by atoms with E-state index in [9.17, 15) is 14.4 Å². The first-order valence-corrected chi connectivity index (χ1v) is 14.8. The summed E-state index contributed by atoms with van der Waals surface area (Å²) < 4.78 is 12.5. The number of nitrogens with one attached hydrogen (secondary N) is 1. The molecule has 6 rings (SSSR count). The Bertz CT molecular complexity index is 1650. The Kier molecular flexibility index (Phi) is 7.05. The molecule has 7 nitrogen and oxygen atoms in total. The summed E-state index contributed by atoms with van der Waals surface area (Å²) in [6.45, 7) is 0.291. The number of benzene rings is 3. The average Bonchev–Trinajstić information content (AvgIpc) is 3.42. The summed E-state index contributed by atoms with van der Waals surface area (Å²) in [6.07, 6.45) is 0. The largest absolute Gasteiger partial charge is 0.493 e. The van der Waals surface area contributed by atoms with Crippen LogP contribution in [0, 0.1) is 5.92 Å². The Morgan fingerprint density at radius 1 is 1.00 bits per heavy atom. The molecule has 2 amide bonds. The lowest BCUT2D eigenvalue weighted by atomic mass is 9.83. The molecule has 3 heterocycles. The zero-order valence-electron chi connectivity index (χ0n) is 20.4. The maximum absolute atomic E-state index is 13.9. The molecule has 4 aromatic rings. The van der Waals surface area contributed by atoms with Gasteiger partial charge in [0.1, 0.15) is 11.9 Å². The number of thiazole rings is 1. The zero-order chi connectivity index (χ0) is 27.3. The van der Waals surface area contributed by atoms with Gasteiger partial charge in [-0.2, -0.15) is 0 Å². The van der Waals surface area contributed by atoms with Gasteiger partial charge in [-0.05, 0) is 59.7 Å². The highest BCUT2D eigenvalue weighted by Crippen LogP contribution is 2.53. The molecule has 2 unspecified atom stereocenters. The summed E-state index contributed by atoms with van der Waals surface area (Å²) in [4.78, 5) is 44.4. The second kappa shape index (κ2) is 10.5. The van der Waals surface area contributed by atoms with Crippen LogP contribution in [0.2, 0.25) is 5.02 Å². The number of aromatic nitrogens is 1. The summed E-state index contributed by atoms with van der Waals surface area (Å²) in [7, 11) is 1.55. The highest BCUT2D eigenvalue weighted by atomic mass is 79.9. The summed E-state index contributed by atoms with van der Waals surface area (Å²) in [6, 6.07) is 19.9. The van der Waals surface area contributed by atoms with Gasteiger partial charge in [0.15, 0.2) is 11.5 Å². The molecule has 0 aliphatic carbocycles. The molecule has 1 N–H and O–H groups in total. The third kappa shape index (κ3) is 4.80. The van der Waals surface area contributed by atoms with E-state index in [2.05, 4.69) is 20.9 Å². The van der Waals surface area contributed by atoms with Crippen LogP contribution in [-0.2, 0) is 16.2 Å². The highest BCUT2D eigenvalue weighted by Gasteiger charge is 2.56. The number of halogens is 2. The number of ether oxygens (including phenoxy) is 2. The Morgan fingerprint density at radius 2 is 1.79 bits per heavy atom.